The molecule has 1 aromatic heterocycles. The third-order valence-corrected chi connectivity index (χ3v) is 2.95. The maximum absolute atomic E-state index is 11.9. The van der Waals surface area contributed by atoms with Crippen LogP contribution in [0.1, 0.15) is 0 Å². The van der Waals surface area contributed by atoms with Crippen molar-refractivity contribution >= 4 is 17.6 Å². The third kappa shape index (κ3) is 3.23. The first-order chi connectivity index (χ1) is 9.10. The van der Waals surface area contributed by atoms with Crippen LogP contribution in [0.3, 0.4) is 0 Å². The van der Waals surface area contributed by atoms with E-state index in [1.54, 1.807) is 24.4 Å². The lowest BCUT2D eigenvalue weighted by Crippen LogP contribution is -2.23. The summed E-state index contributed by atoms with van der Waals surface area (Å²) in [6.45, 7) is -0.0871. The van der Waals surface area contributed by atoms with E-state index in [0.717, 1.165) is 11.1 Å². The van der Waals surface area contributed by atoms with Crippen LogP contribution in [0.15, 0.2) is 47.4 Å². The van der Waals surface area contributed by atoms with Gasteiger partial charge in [-0.15, -0.1) is 0 Å². The zero-order valence-electron chi connectivity index (χ0n) is 10.3. The zero-order chi connectivity index (χ0) is 13.8. The molecule has 2 rings (SSSR count). The molecule has 0 radical (unpaired) electrons. The predicted octanol–water partition coefficient (Wildman–Crippen LogP) is 2.34. The number of aromatic nitrogens is 1. The lowest BCUT2D eigenvalue weighted by atomic mass is 10.1. The van der Waals surface area contributed by atoms with Crippen molar-refractivity contribution in [2.24, 2.45) is 0 Å². The molecule has 0 unspecified atom stereocenters. The monoisotopic (exact) mass is 277 g/mol. The van der Waals surface area contributed by atoms with E-state index in [2.05, 4.69) is 4.74 Å². The summed E-state index contributed by atoms with van der Waals surface area (Å²) in [5.41, 5.74) is 1.42. The molecular weight excluding hydrogens is 266 g/mol. The molecule has 0 atom stereocenters. The van der Waals surface area contributed by atoms with Crippen molar-refractivity contribution in [1.29, 1.82) is 0 Å². The summed E-state index contributed by atoms with van der Waals surface area (Å²) >= 11 is 5.81. The number of hydrogen-bond donors (Lipinski definition) is 0. The molecule has 0 aliphatic heterocycles. The van der Waals surface area contributed by atoms with Gasteiger partial charge in [0, 0.05) is 17.3 Å². The SMILES string of the molecule is COC(=O)Cn1ccc(-c2ccc(Cl)cc2)cc1=O. The summed E-state index contributed by atoms with van der Waals surface area (Å²) in [6, 6.07) is 10.4. The minimum atomic E-state index is -0.457. The van der Waals surface area contributed by atoms with Crippen molar-refractivity contribution in [2.45, 2.75) is 6.54 Å². The molecule has 0 amide bonds. The van der Waals surface area contributed by atoms with Crippen molar-refractivity contribution in [1.82, 2.24) is 4.57 Å². The predicted molar refractivity (Wildman–Crippen MR) is 73.2 cm³/mol. The highest BCUT2D eigenvalue weighted by Crippen LogP contribution is 2.19. The fourth-order valence-corrected chi connectivity index (χ4v) is 1.79. The highest BCUT2D eigenvalue weighted by atomic mass is 35.5. The highest BCUT2D eigenvalue weighted by molar-refractivity contribution is 6.30. The summed E-state index contributed by atoms with van der Waals surface area (Å²) in [5.74, 6) is -0.457. The van der Waals surface area contributed by atoms with Crippen LogP contribution in [0.2, 0.25) is 5.02 Å². The molecular formula is C14H12ClNO3. The Morgan fingerprint density at radius 3 is 2.47 bits per heavy atom. The van der Waals surface area contributed by atoms with Gasteiger partial charge in [-0.25, -0.2) is 0 Å². The Morgan fingerprint density at radius 1 is 1.21 bits per heavy atom. The topological polar surface area (TPSA) is 48.3 Å². The summed E-state index contributed by atoms with van der Waals surface area (Å²) in [4.78, 5) is 23.0. The smallest absolute Gasteiger partial charge is 0.325 e. The molecule has 0 saturated heterocycles. The molecule has 0 bridgehead atoms. The van der Waals surface area contributed by atoms with E-state index in [9.17, 15) is 9.59 Å². The molecule has 0 spiro atoms. The number of methoxy groups -OCH3 is 1. The van der Waals surface area contributed by atoms with Gasteiger partial charge in [0.25, 0.3) is 5.56 Å². The van der Waals surface area contributed by atoms with E-state index in [-0.39, 0.29) is 12.1 Å². The van der Waals surface area contributed by atoms with Gasteiger partial charge in [-0.1, -0.05) is 23.7 Å². The van der Waals surface area contributed by atoms with E-state index in [1.165, 1.54) is 17.7 Å². The fourth-order valence-electron chi connectivity index (χ4n) is 1.66. The fraction of sp³-hybridized carbons (Fsp3) is 0.143. The Labute approximate surface area is 115 Å². The van der Waals surface area contributed by atoms with Crippen LogP contribution in [0.4, 0.5) is 0 Å². The molecule has 1 heterocycles. The first kappa shape index (κ1) is 13.4. The summed E-state index contributed by atoms with van der Waals surface area (Å²) in [5, 5.41) is 0.641. The van der Waals surface area contributed by atoms with Crippen LogP contribution >= 0.6 is 11.6 Å². The number of esters is 1. The number of carbonyl (C=O) groups excluding carboxylic acids is 1. The largest absolute Gasteiger partial charge is 0.468 e. The average Bonchev–Trinajstić information content (AvgIpc) is 2.41. The van der Waals surface area contributed by atoms with E-state index in [0.29, 0.717) is 5.02 Å². The summed E-state index contributed by atoms with van der Waals surface area (Å²) < 4.78 is 5.82. The Hall–Kier alpha value is -2.07. The number of halogens is 1. The number of ether oxygens (including phenoxy) is 1. The number of hydrogen-bond acceptors (Lipinski definition) is 3. The number of rotatable bonds is 3. The van der Waals surface area contributed by atoms with E-state index < -0.39 is 5.97 Å². The second kappa shape index (κ2) is 5.71. The maximum atomic E-state index is 11.9. The Kier molecular flexibility index (Phi) is 4.02. The van der Waals surface area contributed by atoms with Crippen LogP contribution in [-0.4, -0.2) is 17.6 Å². The van der Waals surface area contributed by atoms with Gasteiger partial charge in [-0.3, -0.25) is 9.59 Å². The molecule has 0 saturated carbocycles. The van der Waals surface area contributed by atoms with Crippen molar-refractivity contribution in [2.75, 3.05) is 7.11 Å². The number of nitrogens with zero attached hydrogens (tertiary/aromatic N) is 1. The summed E-state index contributed by atoms with van der Waals surface area (Å²) in [6.07, 6.45) is 1.57. The minimum absolute atomic E-state index is 0.0871. The first-order valence-corrected chi connectivity index (χ1v) is 6.01. The van der Waals surface area contributed by atoms with Crippen molar-refractivity contribution in [3.05, 3.63) is 58.0 Å². The van der Waals surface area contributed by atoms with E-state index >= 15 is 0 Å². The highest BCUT2D eigenvalue weighted by Gasteiger charge is 2.05. The molecule has 0 N–H and O–H groups in total. The standard InChI is InChI=1S/C14H12ClNO3/c1-19-14(18)9-16-7-6-11(8-13(16)17)10-2-4-12(15)5-3-10/h2-8H,9H2,1H3. The Morgan fingerprint density at radius 2 is 1.89 bits per heavy atom. The van der Waals surface area contributed by atoms with Gasteiger partial charge in [0.1, 0.15) is 6.54 Å². The van der Waals surface area contributed by atoms with Gasteiger partial charge >= 0.3 is 5.97 Å². The van der Waals surface area contributed by atoms with E-state index in [4.69, 9.17) is 11.6 Å². The Balaban J connectivity index is 2.31. The third-order valence-electron chi connectivity index (χ3n) is 2.70. The van der Waals surface area contributed by atoms with Crippen LogP contribution in [-0.2, 0) is 16.1 Å². The van der Waals surface area contributed by atoms with Crippen LogP contribution in [0.25, 0.3) is 11.1 Å². The molecule has 1 aromatic carbocycles. The number of benzene rings is 1. The quantitative estimate of drug-likeness (QED) is 0.809. The van der Waals surface area contributed by atoms with Crippen molar-refractivity contribution in [3.63, 3.8) is 0 Å². The van der Waals surface area contributed by atoms with Gasteiger partial charge < -0.3 is 9.30 Å². The molecule has 98 valence electrons. The van der Waals surface area contributed by atoms with Crippen molar-refractivity contribution in [3.8, 4) is 11.1 Å². The summed E-state index contributed by atoms with van der Waals surface area (Å²) in [7, 11) is 1.29. The van der Waals surface area contributed by atoms with Gasteiger partial charge in [0.05, 0.1) is 7.11 Å². The molecule has 0 aliphatic carbocycles. The van der Waals surface area contributed by atoms with Gasteiger partial charge in [0.15, 0.2) is 0 Å². The molecule has 0 aliphatic rings. The van der Waals surface area contributed by atoms with Crippen LogP contribution in [0, 0.1) is 0 Å². The van der Waals surface area contributed by atoms with Gasteiger partial charge in [-0.05, 0) is 29.3 Å². The average molecular weight is 278 g/mol. The minimum Gasteiger partial charge on any atom is -0.468 e. The lowest BCUT2D eigenvalue weighted by molar-refractivity contribution is -0.141. The van der Waals surface area contributed by atoms with E-state index in [1.807, 2.05) is 12.1 Å². The second-order valence-electron chi connectivity index (χ2n) is 3.96. The van der Waals surface area contributed by atoms with Gasteiger partial charge in [0.2, 0.25) is 0 Å². The molecule has 19 heavy (non-hydrogen) atoms. The normalized spacial score (nSPS) is 10.2. The van der Waals surface area contributed by atoms with Crippen LogP contribution in [0.5, 0.6) is 0 Å². The van der Waals surface area contributed by atoms with Gasteiger partial charge in [-0.2, -0.15) is 0 Å². The van der Waals surface area contributed by atoms with Crippen molar-refractivity contribution < 1.29 is 9.53 Å². The second-order valence-corrected chi connectivity index (χ2v) is 4.40. The first-order valence-electron chi connectivity index (χ1n) is 5.63. The Bertz CT molecular complexity index is 646. The number of pyridine rings is 1. The van der Waals surface area contributed by atoms with Crippen LogP contribution < -0.4 is 5.56 Å². The zero-order valence-corrected chi connectivity index (χ0v) is 11.1. The maximum Gasteiger partial charge on any atom is 0.325 e. The molecule has 2 aromatic rings. The number of carbonyl (C=O) groups is 1. The molecule has 4 nitrogen and oxygen atoms in total. The lowest BCUT2D eigenvalue weighted by Gasteiger charge is -2.06. The molecule has 5 heteroatoms. The molecule has 0 fully saturated rings.